The van der Waals surface area contributed by atoms with E-state index in [0.29, 0.717) is 17.9 Å². The van der Waals surface area contributed by atoms with Gasteiger partial charge in [0, 0.05) is 16.6 Å². The van der Waals surface area contributed by atoms with Gasteiger partial charge < -0.3 is 4.52 Å². The lowest BCUT2D eigenvalue weighted by Crippen LogP contribution is -2.35. The number of hydrogen-bond acceptors (Lipinski definition) is 6. The maximum Gasteiger partial charge on any atom is 0.529 e. The van der Waals surface area contributed by atoms with Crippen molar-refractivity contribution in [2.75, 3.05) is 19.0 Å². The third kappa shape index (κ3) is 4.11. The first kappa shape index (κ1) is 19.7. The van der Waals surface area contributed by atoms with Crippen molar-refractivity contribution in [1.29, 1.82) is 5.26 Å². The van der Waals surface area contributed by atoms with Crippen LogP contribution in [0.3, 0.4) is 0 Å². The molecule has 0 heterocycles. The lowest BCUT2D eigenvalue weighted by atomic mass is 9.82. The summed E-state index contributed by atoms with van der Waals surface area (Å²) in [5, 5.41) is 9.00. The molecule has 0 N–H and O–H groups in total. The Morgan fingerprint density at radius 1 is 1.29 bits per heavy atom. The van der Waals surface area contributed by atoms with Crippen molar-refractivity contribution in [3.63, 3.8) is 0 Å². The molecule has 0 aromatic carbocycles. The van der Waals surface area contributed by atoms with Crippen LogP contribution in [0.15, 0.2) is 11.3 Å². The normalized spacial score (nSPS) is 28.3. The predicted octanol–water partition coefficient (Wildman–Crippen LogP) is 3.92. The quantitative estimate of drug-likeness (QED) is 0.598. The molecule has 24 heavy (non-hydrogen) atoms. The molecule has 0 bridgehead atoms. The molecule has 8 heteroatoms. The molecule has 0 aliphatic heterocycles. The Morgan fingerprint density at radius 2 is 1.96 bits per heavy atom. The van der Waals surface area contributed by atoms with E-state index in [9.17, 15) is 14.0 Å². The van der Waals surface area contributed by atoms with E-state index in [2.05, 4.69) is 6.07 Å². The molecule has 0 aromatic heterocycles. The van der Waals surface area contributed by atoms with Crippen LogP contribution in [0.4, 0.5) is 0 Å². The minimum atomic E-state index is -3.76. The highest BCUT2D eigenvalue weighted by atomic mass is 32.2. The minimum absolute atomic E-state index is 0.187. The SMILES string of the molecule is CCOP(=O)(OCC)OC1=C2CCC[C@@H]2CC(C#N)C1S(=O)CC. The van der Waals surface area contributed by atoms with E-state index in [1.54, 1.807) is 13.8 Å². The summed E-state index contributed by atoms with van der Waals surface area (Å²) in [6.07, 6.45) is 3.51. The van der Waals surface area contributed by atoms with Gasteiger partial charge in [0.2, 0.25) is 0 Å². The van der Waals surface area contributed by atoms with E-state index >= 15 is 0 Å². The largest absolute Gasteiger partial charge is 0.529 e. The van der Waals surface area contributed by atoms with Gasteiger partial charge in [-0.3, -0.25) is 13.3 Å². The minimum Gasteiger partial charge on any atom is -0.407 e. The maximum absolute atomic E-state index is 12.8. The Kier molecular flexibility index (Phi) is 7.06. The van der Waals surface area contributed by atoms with Gasteiger partial charge in [-0.1, -0.05) is 6.92 Å². The highest BCUT2D eigenvalue weighted by molar-refractivity contribution is 7.85. The third-order valence-corrected chi connectivity index (χ3v) is 7.74. The van der Waals surface area contributed by atoms with Crippen LogP contribution < -0.4 is 0 Å². The van der Waals surface area contributed by atoms with Crippen molar-refractivity contribution in [3.8, 4) is 6.07 Å². The number of allylic oxidation sites excluding steroid dienone is 1. The molecule has 4 atom stereocenters. The van der Waals surface area contributed by atoms with E-state index in [1.807, 2.05) is 6.92 Å². The highest BCUT2D eigenvalue weighted by Gasteiger charge is 2.45. The molecule has 1 saturated carbocycles. The highest BCUT2D eigenvalue weighted by Crippen LogP contribution is 2.56. The van der Waals surface area contributed by atoms with Gasteiger partial charge in [-0.05, 0) is 51.0 Å². The molecule has 3 unspecified atom stereocenters. The fourth-order valence-electron chi connectivity index (χ4n) is 3.54. The van der Waals surface area contributed by atoms with Crippen molar-refractivity contribution in [2.45, 2.75) is 51.7 Å². The molecular weight excluding hydrogens is 349 g/mol. The van der Waals surface area contributed by atoms with Gasteiger partial charge in [-0.25, -0.2) is 4.57 Å². The van der Waals surface area contributed by atoms with Gasteiger partial charge in [-0.2, -0.15) is 5.26 Å². The fourth-order valence-corrected chi connectivity index (χ4v) is 6.23. The summed E-state index contributed by atoms with van der Waals surface area (Å²) in [5.74, 6) is 0.692. The monoisotopic (exact) mass is 375 g/mol. The van der Waals surface area contributed by atoms with Crippen molar-refractivity contribution in [3.05, 3.63) is 11.3 Å². The Hall–Kier alpha value is -0.670. The van der Waals surface area contributed by atoms with Gasteiger partial charge in [0.25, 0.3) is 0 Å². The molecule has 6 nitrogen and oxygen atoms in total. The standard InChI is InChI=1S/C16H26NO5PS/c1-4-20-23(18,21-5-2)22-15-14-9-7-8-12(14)10-13(11-17)16(15)24(19)6-3/h12-13,16H,4-10H2,1-3H3/t12-,13?,16?,24?/m1/s1. The van der Waals surface area contributed by atoms with Crippen molar-refractivity contribution >= 4 is 18.6 Å². The number of hydrogen-bond donors (Lipinski definition) is 0. The van der Waals surface area contributed by atoms with Crippen LogP contribution in [0.5, 0.6) is 0 Å². The van der Waals surface area contributed by atoms with Crippen LogP contribution in [0.2, 0.25) is 0 Å². The summed E-state index contributed by atoms with van der Waals surface area (Å²) in [4.78, 5) is 0. The lowest BCUT2D eigenvalue weighted by molar-refractivity contribution is 0.138. The van der Waals surface area contributed by atoms with Gasteiger partial charge in [0.05, 0.1) is 25.2 Å². The van der Waals surface area contributed by atoms with Crippen LogP contribution in [0.25, 0.3) is 0 Å². The number of phosphoric ester groups is 1. The van der Waals surface area contributed by atoms with Crippen LogP contribution in [-0.4, -0.2) is 28.4 Å². The Balaban J connectivity index is 2.44. The second kappa shape index (κ2) is 8.62. The first-order valence-corrected chi connectivity index (χ1v) is 11.4. The number of nitriles is 1. The fraction of sp³-hybridized carbons (Fsp3) is 0.812. The zero-order chi connectivity index (χ0) is 17.7. The Labute approximate surface area is 146 Å². The maximum atomic E-state index is 12.8. The zero-order valence-electron chi connectivity index (χ0n) is 14.5. The summed E-state index contributed by atoms with van der Waals surface area (Å²) in [6, 6.07) is 2.28. The average Bonchev–Trinajstić information content (AvgIpc) is 3.02. The second-order valence-corrected chi connectivity index (χ2v) is 9.35. The summed E-state index contributed by atoms with van der Waals surface area (Å²) in [6.45, 7) is 5.62. The average molecular weight is 375 g/mol. The molecule has 0 saturated heterocycles. The summed E-state index contributed by atoms with van der Waals surface area (Å²) < 4.78 is 41.7. The smallest absolute Gasteiger partial charge is 0.407 e. The predicted molar refractivity (Wildman–Crippen MR) is 92.5 cm³/mol. The van der Waals surface area contributed by atoms with Gasteiger partial charge in [0.15, 0.2) is 0 Å². The number of nitrogens with zero attached hydrogens (tertiary/aromatic N) is 1. The summed E-state index contributed by atoms with van der Waals surface area (Å²) in [7, 11) is -5.03. The van der Waals surface area contributed by atoms with Gasteiger partial charge in [-0.15, -0.1) is 0 Å². The van der Waals surface area contributed by atoms with E-state index < -0.39 is 29.8 Å². The lowest BCUT2D eigenvalue weighted by Gasteiger charge is -2.34. The van der Waals surface area contributed by atoms with E-state index in [-0.39, 0.29) is 19.1 Å². The number of rotatable bonds is 8. The van der Waals surface area contributed by atoms with Gasteiger partial charge >= 0.3 is 7.82 Å². The molecule has 2 aliphatic carbocycles. The second-order valence-electron chi connectivity index (χ2n) is 5.91. The van der Waals surface area contributed by atoms with Crippen LogP contribution >= 0.6 is 7.82 Å². The first-order chi connectivity index (χ1) is 11.5. The van der Waals surface area contributed by atoms with Crippen molar-refractivity contribution in [2.24, 2.45) is 11.8 Å². The number of phosphoric acid groups is 1. The van der Waals surface area contributed by atoms with E-state index in [1.165, 1.54) is 0 Å². The molecule has 0 aromatic rings. The van der Waals surface area contributed by atoms with Crippen molar-refractivity contribution in [1.82, 2.24) is 0 Å². The van der Waals surface area contributed by atoms with Crippen LogP contribution in [0, 0.1) is 23.2 Å². The number of fused-ring (bicyclic) bond motifs is 1. The molecule has 0 radical (unpaired) electrons. The molecule has 136 valence electrons. The van der Waals surface area contributed by atoms with Crippen LogP contribution in [-0.2, 0) is 28.9 Å². The molecule has 0 amide bonds. The van der Waals surface area contributed by atoms with Crippen molar-refractivity contribution < 1.29 is 22.3 Å². The Morgan fingerprint density at radius 3 is 2.50 bits per heavy atom. The van der Waals surface area contributed by atoms with E-state index in [4.69, 9.17) is 13.6 Å². The van der Waals surface area contributed by atoms with Gasteiger partial charge in [0.1, 0.15) is 11.0 Å². The molecule has 0 spiro atoms. The first-order valence-electron chi connectivity index (χ1n) is 8.58. The molecular formula is C16H26NO5PS. The Bertz CT molecular complexity index is 590. The zero-order valence-corrected chi connectivity index (χ0v) is 16.2. The molecule has 2 rings (SSSR count). The third-order valence-electron chi connectivity index (χ3n) is 4.49. The summed E-state index contributed by atoms with van der Waals surface area (Å²) >= 11 is 0. The van der Waals surface area contributed by atoms with E-state index in [0.717, 1.165) is 24.8 Å². The molecule has 2 aliphatic rings. The molecule has 1 fully saturated rings. The summed E-state index contributed by atoms with van der Waals surface area (Å²) in [5.41, 5.74) is 1.05. The van der Waals surface area contributed by atoms with Crippen LogP contribution in [0.1, 0.15) is 46.5 Å². The topological polar surface area (TPSA) is 85.6 Å².